The Kier molecular flexibility index (Phi) is 5.08. The summed E-state index contributed by atoms with van der Waals surface area (Å²) in [5.74, 6) is -1.94. The molecular weight excluding hydrogens is 184 g/mol. The summed E-state index contributed by atoms with van der Waals surface area (Å²) in [7, 11) is 0. The standard InChI is InChI=1S/C10H20O4/c1-5-14-6-8(4)10(13,7(2)3)9(11)12/h7-8,13H,5-6H2,1-4H3,(H,11,12). The Hall–Kier alpha value is -0.610. The Morgan fingerprint density at radius 1 is 1.43 bits per heavy atom. The summed E-state index contributed by atoms with van der Waals surface area (Å²) < 4.78 is 5.12. The second kappa shape index (κ2) is 5.32. The molecule has 0 aromatic heterocycles. The van der Waals surface area contributed by atoms with Gasteiger partial charge < -0.3 is 14.9 Å². The van der Waals surface area contributed by atoms with Crippen molar-refractivity contribution >= 4 is 5.97 Å². The molecule has 0 aliphatic carbocycles. The summed E-state index contributed by atoms with van der Waals surface area (Å²) in [6, 6.07) is 0. The van der Waals surface area contributed by atoms with E-state index in [0.29, 0.717) is 6.61 Å². The van der Waals surface area contributed by atoms with Crippen LogP contribution in [-0.2, 0) is 9.53 Å². The van der Waals surface area contributed by atoms with Gasteiger partial charge in [0.25, 0.3) is 0 Å². The molecule has 2 atom stereocenters. The fourth-order valence-corrected chi connectivity index (χ4v) is 1.45. The predicted octanol–water partition coefficient (Wildman–Crippen LogP) is 1.13. The number of hydrogen-bond acceptors (Lipinski definition) is 3. The fourth-order valence-electron chi connectivity index (χ4n) is 1.45. The average Bonchev–Trinajstić information content (AvgIpc) is 2.11. The topological polar surface area (TPSA) is 66.8 Å². The fraction of sp³-hybridized carbons (Fsp3) is 0.900. The maximum atomic E-state index is 11.0. The summed E-state index contributed by atoms with van der Waals surface area (Å²) in [5, 5.41) is 18.9. The molecule has 2 unspecified atom stereocenters. The van der Waals surface area contributed by atoms with Crippen molar-refractivity contribution in [2.45, 2.75) is 33.3 Å². The van der Waals surface area contributed by atoms with E-state index < -0.39 is 17.5 Å². The van der Waals surface area contributed by atoms with Crippen molar-refractivity contribution in [3.8, 4) is 0 Å². The first-order chi connectivity index (χ1) is 6.37. The minimum absolute atomic E-state index is 0.261. The molecule has 0 saturated heterocycles. The van der Waals surface area contributed by atoms with Crippen molar-refractivity contribution in [2.75, 3.05) is 13.2 Å². The number of ether oxygens (including phenoxy) is 1. The van der Waals surface area contributed by atoms with Crippen LogP contribution in [0.2, 0.25) is 0 Å². The highest BCUT2D eigenvalue weighted by Gasteiger charge is 2.44. The maximum Gasteiger partial charge on any atom is 0.336 e. The molecule has 14 heavy (non-hydrogen) atoms. The minimum atomic E-state index is -1.70. The lowest BCUT2D eigenvalue weighted by molar-refractivity contribution is -0.174. The number of aliphatic hydroxyl groups is 1. The number of hydrogen-bond donors (Lipinski definition) is 2. The van der Waals surface area contributed by atoms with Crippen LogP contribution in [-0.4, -0.2) is 35.0 Å². The van der Waals surface area contributed by atoms with Gasteiger partial charge in [-0.2, -0.15) is 0 Å². The SMILES string of the molecule is CCOCC(C)C(O)(C(=O)O)C(C)C. The van der Waals surface area contributed by atoms with E-state index >= 15 is 0 Å². The highest BCUT2D eigenvalue weighted by molar-refractivity contribution is 5.77. The number of carboxylic acids is 1. The molecule has 0 spiro atoms. The van der Waals surface area contributed by atoms with Gasteiger partial charge in [0.15, 0.2) is 5.60 Å². The largest absolute Gasteiger partial charge is 0.479 e. The Bertz CT molecular complexity index is 191. The van der Waals surface area contributed by atoms with Gasteiger partial charge in [0.05, 0.1) is 6.61 Å². The molecular formula is C10H20O4. The molecule has 0 rings (SSSR count). The van der Waals surface area contributed by atoms with E-state index in [1.807, 2.05) is 6.92 Å². The van der Waals surface area contributed by atoms with Crippen molar-refractivity contribution in [2.24, 2.45) is 11.8 Å². The molecule has 0 saturated carbocycles. The van der Waals surface area contributed by atoms with E-state index in [1.165, 1.54) is 0 Å². The van der Waals surface area contributed by atoms with Gasteiger partial charge >= 0.3 is 5.97 Å². The van der Waals surface area contributed by atoms with E-state index in [-0.39, 0.29) is 12.5 Å². The number of carboxylic acid groups (broad SMARTS) is 1. The average molecular weight is 204 g/mol. The molecule has 0 aliphatic rings. The van der Waals surface area contributed by atoms with Crippen LogP contribution in [0, 0.1) is 11.8 Å². The third kappa shape index (κ3) is 2.69. The molecule has 0 aliphatic heterocycles. The monoisotopic (exact) mass is 204 g/mol. The zero-order chi connectivity index (χ0) is 11.4. The smallest absolute Gasteiger partial charge is 0.336 e. The number of carbonyl (C=O) groups is 1. The summed E-state index contributed by atoms with van der Waals surface area (Å²) in [6.07, 6.45) is 0. The third-order valence-electron chi connectivity index (χ3n) is 2.55. The third-order valence-corrected chi connectivity index (χ3v) is 2.55. The van der Waals surface area contributed by atoms with Crippen LogP contribution in [0.3, 0.4) is 0 Å². The molecule has 0 fully saturated rings. The van der Waals surface area contributed by atoms with Gasteiger partial charge in [-0.15, -0.1) is 0 Å². The second-order valence-electron chi connectivity index (χ2n) is 3.85. The molecule has 0 aromatic carbocycles. The van der Waals surface area contributed by atoms with Crippen molar-refractivity contribution in [1.82, 2.24) is 0 Å². The minimum Gasteiger partial charge on any atom is -0.479 e. The lowest BCUT2D eigenvalue weighted by Gasteiger charge is -2.33. The van der Waals surface area contributed by atoms with Crippen LogP contribution in [0.15, 0.2) is 0 Å². The van der Waals surface area contributed by atoms with Crippen molar-refractivity contribution in [3.05, 3.63) is 0 Å². The zero-order valence-corrected chi connectivity index (χ0v) is 9.28. The Morgan fingerprint density at radius 2 is 1.93 bits per heavy atom. The molecule has 0 radical (unpaired) electrons. The van der Waals surface area contributed by atoms with E-state index in [4.69, 9.17) is 9.84 Å². The highest BCUT2D eigenvalue weighted by Crippen LogP contribution is 2.26. The molecule has 4 nitrogen and oxygen atoms in total. The lowest BCUT2D eigenvalue weighted by Crippen LogP contribution is -2.50. The van der Waals surface area contributed by atoms with Gasteiger partial charge in [-0.3, -0.25) is 0 Å². The molecule has 0 bridgehead atoms. The maximum absolute atomic E-state index is 11.0. The van der Waals surface area contributed by atoms with Crippen LogP contribution in [0.1, 0.15) is 27.7 Å². The molecule has 0 aromatic rings. The van der Waals surface area contributed by atoms with Crippen molar-refractivity contribution in [1.29, 1.82) is 0 Å². The summed E-state index contributed by atoms with van der Waals surface area (Å²) >= 11 is 0. The summed E-state index contributed by atoms with van der Waals surface area (Å²) in [6.45, 7) is 7.69. The second-order valence-corrected chi connectivity index (χ2v) is 3.85. The first-order valence-corrected chi connectivity index (χ1v) is 4.90. The normalized spacial score (nSPS) is 17.9. The Balaban J connectivity index is 4.56. The lowest BCUT2D eigenvalue weighted by atomic mass is 9.80. The van der Waals surface area contributed by atoms with Crippen LogP contribution >= 0.6 is 0 Å². The number of aliphatic carboxylic acids is 1. The molecule has 2 N–H and O–H groups in total. The van der Waals surface area contributed by atoms with Crippen molar-refractivity contribution < 1.29 is 19.7 Å². The first-order valence-electron chi connectivity index (χ1n) is 4.90. The van der Waals surface area contributed by atoms with E-state index in [9.17, 15) is 9.90 Å². The highest BCUT2D eigenvalue weighted by atomic mass is 16.5. The molecule has 0 amide bonds. The van der Waals surface area contributed by atoms with Gasteiger partial charge in [-0.1, -0.05) is 20.8 Å². The first kappa shape index (κ1) is 13.4. The molecule has 84 valence electrons. The van der Waals surface area contributed by atoms with Gasteiger partial charge in [0.1, 0.15) is 0 Å². The molecule has 4 heteroatoms. The Labute approximate surface area is 84.9 Å². The van der Waals surface area contributed by atoms with Crippen LogP contribution in [0.25, 0.3) is 0 Å². The van der Waals surface area contributed by atoms with Crippen LogP contribution in [0.5, 0.6) is 0 Å². The van der Waals surface area contributed by atoms with E-state index in [1.54, 1.807) is 20.8 Å². The predicted molar refractivity (Wildman–Crippen MR) is 53.1 cm³/mol. The molecule has 0 heterocycles. The van der Waals surface area contributed by atoms with Gasteiger partial charge in [0.2, 0.25) is 0 Å². The number of rotatable bonds is 6. The van der Waals surface area contributed by atoms with Crippen molar-refractivity contribution in [3.63, 3.8) is 0 Å². The van der Waals surface area contributed by atoms with E-state index in [0.717, 1.165) is 0 Å². The summed E-state index contributed by atoms with van der Waals surface area (Å²) in [5.41, 5.74) is -1.70. The zero-order valence-electron chi connectivity index (χ0n) is 9.28. The summed E-state index contributed by atoms with van der Waals surface area (Å²) in [4.78, 5) is 11.0. The Morgan fingerprint density at radius 3 is 2.21 bits per heavy atom. The van der Waals surface area contributed by atoms with Gasteiger partial charge in [0, 0.05) is 12.5 Å². The quantitative estimate of drug-likeness (QED) is 0.680. The van der Waals surface area contributed by atoms with Gasteiger partial charge in [-0.05, 0) is 12.8 Å². The van der Waals surface area contributed by atoms with E-state index in [2.05, 4.69) is 0 Å². The van der Waals surface area contributed by atoms with Gasteiger partial charge in [-0.25, -0.2) is 4.79 Å². The van der Waals surface area contributed by atoms with Crippen LogP contribution in [0.4, 0.5) is 0 Å². The van der Waals surface area contributed by atoms with Crippen LogP contribution < -0.4 is 0 Å².